The summed E-state index contributed by atoms with van der Waals surface area (Å²) in [6.07, 6.45) is 0. The van der Waals surface area contributed by atoms with E-state index in [2.05, 4.69) is 15.0 Å². The van der Waals surface area contributed by atoms with Crippen LogP contribution in [0.5, 0.6) is 0 Å². The molecule has 2 aromatic rings. The third-order valence-corrected chi connectivity index (χ3v) is 5.98. The van der Waals surface area contributed by atoms with Crippen molar-refractivity contribution in [1.82, 2.24) is 19.9 Å². The zero-order valence-corrected chi connectivity index (χ0v) is 13.4. The van der Waals surface area contributed by atoms with Gasteiger partial charge in [-0.1, -0.05) is 0 Å². The Kier molecular flexibility index (Phi) is 3.29. The van der Waals surface area contributed by atoms with Crippen LogP contribution in [0.3, 0.4) is 0 Å². The zero-order valence-electron chi connectivity index (χ0n) is 12.6. The molecule has 2 aliphatic heterocycles. The van der Waals surface area contributed by atoms with Gasteiger partial charge in [0.2, 0.25) is 0 Å². The fraction of sp³-hybridized carbons (Fsp3) is 0.467. The highest BCUT2D eigenvalue weighted by atomic mass is 32.2. The normalized spacial score (nSPS) is 23.4. The van der Waals surface area contributed by atoms with Gasteiger partial charge in [0.15, 0.2) is 0 Å². The first-order valence-electron chi connectivity index (χ1n) is 7.54. The van der Waals surface area contributed by atoms with Crippen LogP contribution in [-0.4, -0.2) is 50.4 Å². The lowest BCUT2D eigenvalue weighted by Crippen LogP contribution is -2.31. The lowest BCUT2D eigenvalue weighted by atomic mass is 10.0. The number of aryl methyl sites for hydroxylation is 1. The van der Waals surface area contributed by atoms with Gasteiger partial charge in [-0.15, -0.1) is 0 Å². The van der Waals surface area contributed by atoms with E-state index in [4.69, 9.17) is 0 Å². The number of carbonyl (C=O) groups is 1. The largest absolute Gasteiger partial charge is 0.337 e. The van der Waals surface area contributed by atoms with Gasteiger partial charge in [0.05, 0.1) is 5.39 Å². The van der Waals surface area contributed by atoms with Crippen LogP contribution < -0.4 is 11.2 Å². The van der Waals surface area contributed by atoms with Crippen molar-refractivity contribution in [3.63, 3.8) is 0 Å². The van der Waals surface area contributed by atoms with Crippen molar-refractivity contribution in [2.75, 3.05) is 24.6 Å². The summed E-state index contributed by atoms with van der Waals surface area (Å²) >= 11 is 1.95. The highest BCUT2D eigenvalue weighted by Crippen LogP contribution is 2.36. The van der Waals surface area contributed by atoms with E-state index in [0.717, 1.165) is 24.6 Å². The van der Waals surface area contributed by atoms with Crippen LogP contribution in [0.25, 0.3) is 11.0 Å². The van der Waals surface area contributed by atoms with E-state index in [1.165, 1.54) is 0 Å². The SMILES string of the molecule is Cc1cc(C(=O)N2C[C@H]3CSC[C@H]3C2)nc2[nH]c(=O)[nH]c(=O)c12. The predicted octanol–water partition coefficient (Wildman–Crippen LogP) is 0.355. The highest BCUT2D eigenvalue weighted by molar-refractivity contribution is 7.99. The molecular weight excluding hydrogens is 316 g/mol. The fourth-order valence-electron chi connectivity index (χ4n) is 3.48. The number of amides is 1. The van der Waals surface area contributed by atoms with E-state index in [9.17, 15) is 14.4 Å². The lowest BCUT2D eigenvalue weighted by molar-refractivity contribution is 0.0779. The molecule has 0 aromatic carbocycles. The molecule has 120 valence electrons. The van der Waals surface area contributed by atoms with Crippen molar-refractivity contribution < 1.29 is 4.79 Å². The maximum atomic E-state index is 12.7. The molecular formula is C15H16N4O3S. The summed E-state index contributed by atoms with van der Waals surface area (Å²) in [5, 5.41) is 0.316. The maximum absolute atomic E-state index is 12.7. The molecule has 0 saturated carbocycles. The standard InChI is InChI=1S/C15H16N4O3S/c1-7-2-10(16-12-11(7)13(20)18-15(22)17-12)14(21)19-3-8-5-23-6-9(8)4-19/h2,8-9H,3-6H2,1H3,(H2,16,17,18,20,22)/t8-,9+. The first kappa shape index (κ1) is 14.5. The van der Waals surface area contributed by atoms with Crippen molar-refractivity contribution >= 4 is 28.7 Å². The van der Waals surface area contributed by atoms with Crippen LogP contribution >= 0.6 is 11.8 Å². The number of aromatic nitrogens is 3. The summed E-state index contributed by atoms with van der Waals surface area (Å²) in [6.45, 7) is 3.27. The molecule has 23 heavy (non-hydrogen) atoms. The number of rotatable bonds is 1. The fourth-order valence-corrected chi connectivity index (χ4v) is 4.98. The quantitative estimate of drug-likeness (QED) is 0.785. The van der Waals surface area contributed by atoms with E-state index in [-0.39, 0.29) is 17.2 Å². The number of nitrogens with zero attached hydrogens (tertiary/aromatic N) is 2. The van der Waals surface area contributed by atoms with Crippen molar-refractivity contribution in [2.24, 2.45) is 11.8 Å². The molecule has 4 heterocycles. The van der Waals surface area contributed by atoms with E-state index in [0.29, 0.717) is 22.8 Å². The first-order chi connectivity index (χ1) is 11.0. The van der Waals surface area contributed by atoms with Crippen LogP contribution in [0.4, 0.5) is 0 Å². The third-order valence-electron chi connectivity index (χ3n) is 4.65. The Morgan fingerprint density at radius 2 is 1.96 bits per heavy atom. The molecule has 0 spiro atoms. The van der Waals surface area contributed by atoms with Gasteiger partial charge in [-0.2, -0.15) is 11.8 Å². The van der Waals surface area contributed by atoms with Gasteiger partial charge >= 0.3 is 5.69 Å². The van der Waals surface area contributed by atoms with Crippen LogP contribution in [0.2, 0.25) is 0 Å². The zero-order chi connectivity index (χ0) is 16.1. The second-order valence-electron chi connectivity index (χ2n) is 6.22. The average molecular weight is 332 g/mol. The second-order valence-corrected chi connectivity index (χ2v) is 7.30. The molecule has 2 atom stereocenters. The summed E-state index contributed by atoms with van der Waals surface area (Å²) in [5.41, 5.74) is -0.0288. The molecule has 4 rings (SSSR count). The number of fused-ring (bicyclic) bond motifs is 2. The molecule has 0 aliphatic carbocycles. The number of nitrogens with one attached hydrogen (secondary N) is 2. The Morgan fingerprint density at radius 3 is 2.65 bits per heavy atom. The number of H-pyrrole nitrogens is 2. The van der Waals surface area contributed by atoms with E-state index in [1.54, 1.807) is 13.0 Å². The van der Waals surface area contributed by atoms with E-state index >= 15 is 0 Å². The average Bonchev–Trinajstić information content (AvgIpc) is 3.06. The minimum atomic E-state index is -0.619. The van der Waals surface area contributed by atoms with Gasteiger partial charge in [0.25, 0.3) is 11.5 Å². The van der Waals surface area contributed by atoms with E-state index in [1.807, 2.05) is 16.7 Å². The van der Waals surface area contributed by atoms with Gasteiger partial charge < -0.3 is 4.90 Å². The molecule has 1 amide bonds. The number of likely N-dealkylation sites (tertiary alicyclic amines) is 1. The minimum Gasteiger partial charge on any atom is -0.337 e. The molecule has 2 saturated heterocycles. The Morgan fingerprint density at radius 1 is 1.26 bits per heavy atom. The molecule has 8 heteroatoms. The number of thioether (sulfide) groups is 1. The van der Waals surface area contributed by atoms with Crippen LogP contribution in [0, 0.1) is 18.8 Å². The summed E-state index contributed by atoms with van der Waals surface area (Å²) < 4.78 is 0. The van der Waals surface area contributed by atoms with Gasteiger partial charge in [0, 0.05) is 13.1 Å². The Hall–Kier alpha value is -2.09. The lowest BCUT2D eigenvalue weighted by Gasteiger charge is -2.17. The topological polar surface area (TPSA) is 98.9 Å². The summed E-state index contributed by atoms with van der Waals surface area (Å²) in [4.78, 5) is 46.8. The van der Waals surface area contributed by atoms with Crippen LogP contribution in [0.1, 0.15) is 16.1 Å². The van der Waals surface area contributed by atoms with Gasteiger partial charge in [-0.3, -0.25) is 19.6 Å². The minimum absolute atomic E-state index is 0.129. The molecule has 2 aliphatic rings. The van der Waals surface area contributed by atoms with Crippen LogP contribution in [-0.2, 0) is 0 Å². The predicted molar refractivity (Wildman–Crippen MR) is 87.9 cm³/mol. The first-order valence-corrected chi connectivity index (χ1v) is 8.69. The van der Waals surface area contributed by atoms with Crippen molar-refractivity contribution in [3.8, 4) is 0 Å². The van der Waals surface area contributed by atoms with Crippen molar-refractivity contribution in [2.45, 2.75) is 6.92 Å². The number of hydrogen-bond donors (Lipinski definition) is 2. The number of pyridine rings is 1. The summed E-state index contributed by atoms with van der Waals surface area (Å²) in [6, 6.07) is 1.63. The summed E-state index contributed by atoms with van der Waals surface area (Å²) in [7, 11) is 0. The molecule has 0 unspecified atom stereocenters. The second kappa shape index (κ2) is 5.23. The Balaban J connectivity index is 1.73. The number of hydrogen-bond acceptors (Lipinski definition) is 5. The Labute approximate surface area is 135 Å². The molecule has 2 fully saturated rings. The third kappa shape index (κ3) is 2.37. The van der Waals surface area contributed by atoms with Crippen molar-refractivity contribution in [1.29, 1.82) is 0 Å². The molecule has 2 N–H and O–H groups in total. The molecule has 2 aromatic heterocycles. The maximum Gasteiger partial charge on any atom is 0.327 e. The number of aromatic amines is 2. The smallest absolute Gasteiger partial charge is 0.327 e. The monoisotopic (exact) mass is 332 g/mol. The molecule has 0 bridgehead atoms. The van der Waals surface area contributed by atoms with Gasteiger partial charge in [-0.05, 0) is 41.9 Å². The number of carbonyl (C=O) groups excluding carboxylic acids is 1. The molecule has 7 nitrogen and oxygen atoms in total. The Bertz CT molecular complexity index is 907. The van der Waals surface area contributed by atoms with Gasteiger partial charge in [0.1, 0.15) is 11.3 Å². The highest BCUT2D eigenvalue weighted by Gasteiger charge is 2.39. The van der Waals surface area contributed by atoms with Crippen LogP contribution in [0.15, 0.2) is 15.7 Å². The molecule has 0 radical (unpaired) electrons. The van der Waals surface area contributed by atoms with Crippen molar-refractivity contribution in [3.05, 3.63) is 38.2 Å². The van der Waals surface area contributed by atoms with E-state index < -0.39 is 11.2 Å². The van der Waals surface area contributed by atoms with Gasteiger partial charge in [-0.25, -0.2) is 9.78 Å². The summed E-state index contributed by atoms with van der Waals surface area (Å²) in [5.74, 6) is 3.25.